The molecule has 4 heteroatoms. The standard InChI is InChI=1S/C19H26N4/c20-16-7-4-8-18-19(16)17(13-14-5-2-1-3-6-14)22-23(18)15-9-11-21-12-10-15/h1-3,5-6,15-16,21H,4,7-13,20H2. The zero-order valence-corrected chi connectivity index (χ0v) is 13.7. The van der Waals surface area contributed by atoms with Gasteiger partial charge in [-0.1, -0.05) is 30.3 Å². The molecule has 1 unspecified atom stereocenters. The number of hydrogen-bond donors (Lipinski definition) is 2. The van der Waals surface area contributed by atoms with Crippen molar-refractivity contribution in [1.82, 2.24) is 15.1 Å². The van der Waals surface area contributed by atoms with Gasteiger partial charge in [0.05, 0.1) is 11.7 Å². The quantitative estimate of drug-likeness (QED) is 0.916. The van der Waals surface area contributed by atoms with Gasteiger partial charge in [0.2, 0.25) is 0 Å². The van der Waals surface area contributed by atoms with Crippen molar-refractivity contribution in [3.8, 4) is 0 Å². The number of nitrogens with one attached hydrogen (secondary N) is 1. The van der Waals surface area contributed by atoms with Gasteiger partial charge in [0, 0.05) is 23.7 Å². The highest BCUT2D eigenvalue weighted by atomic mass is 15.3. The van der Waals surface area contributed by atoms with Gasteiger partial charge in [-0.25, -0.2) is 0 Å². The second-order valence-corrected chi connectivity index (χ2v) is 6.89. The van der Waals surface area contributed by atoms with Gasteiger partial charge in [-0.05, 0) is 50.8 Å². The van der Waals surface area contributed by atoms with Gasteiger partial charge in [-0.3, -0.25) is 4.68 Å². The van der Waals surface area contributed by atoms with E-state index in [1.54, 1.807) is 0 Å². The van der Waals surface area contributed by atoms with Gasteiger partial charge in [-0.2, -0.15) is 5.10 Å². The minimum Gasteiger partial charge on any atom is -0.324 e. The fourth-order valence-corrected chi connectivity index (χ4v) is 4.12. The molecule has 23 heavy (non-hydrogen) atoms. The van der Waals surface area contributed by atoms with E-state index in [0.717, 1.165) is 32.4 Å². The minimum absolute atomic E-state index is 0.160. The van der Waals surface area contributed by atoms with Gasteiger partial charge in [0.15, 0.2) is 0 Å². The molecule has 1 aromatic carbocycles. The molecule has 2 heterocycles. The van der Waals surface area contributed by atoms with Gasteiger partial charge in [0.25, 0.3) is 0 Å². The Kier molecular flexibility index (Phi) is 4.19. The van der Waals surface area contributed by atoms with Crippen LogP contribution in [0.1, 0.15) is 60.3 Å². The summed E-state index contributed by atoms with van der Waals surface area (Å²) in [7, 11) is 0. The van der Waals surface area contributed by atoms with E-state index in [9.17, 15) is 0 Å². The Hall–Kier alpha value is -1.65. The van der Waals surface area contributed by atoms with Crippen LogP contribution in [0.15, 0.2) is 30.3 Å². The number of benzene rings is 1. The summed E-state index contributed by atoms with van der Waals surface area (Å²) in [5, 5.41) is 8.52. The Morgan fingerprint density at radius 1 is 1.13 bits per heavy atom. The summed E-state index contributed by atoms with van der Waals surface area (Å²) in [6.45, 7) is 2.19. The number of nitrogens with two attached hydrogens (primary N) is 1. The van der Waals surface area contributed by atoms with Gasteiger partial charge < -0.3 is 11.1 Å². The van der Waals surface area contributed by atoms with Crippen LogP contribution >= 0.6 is 0 Å². The number of hydrogen-bond acceptors (Lipinski definition) is 3. The van der Waals surface area contributed by atoms with Crippen LogP contribution in [-0.2, 0) is 12.8 Å². The number of fused-ring (bicyclic) bond motifs is 1. The Morgan fingerprint density at radius 3 is 2.70 bits per heavy atom. The SMILES string of the molecule is NC1CCCc2c1c(Cc1ccccc1)nn2C1CCNCC1. The number of aromatic nitrogens is 2. The van der Waals surface area contributed by atoms with Crippen molar-refractivity contribution < 1.29 is 0 Å². The van der Waals surface area contributed by atoms with Crippen LogP contribution < -0.4 is 11.1 Å². The largest absolute Gasteiger partial charge is 0.324 e. The molecule has 2 aliphatic rings. The summed E-state index contributed by atoms with van der Waals surface area (Å²) in [6, 6.07) is 11.3. The molecule has 4 rings (SSSR count). The Morgan fingerprint density at radius 2 is 1.91 bits per heavy atom. The topological polar surface area (TPSA) is 55.9 Å². The number of nitrogens with zero attached hydrogens (tertiary/aromatic N) is 2. The minimum atomic E-state index is 0.160. The summed E-state index contributed by atoms with van der Waals surface area (Å²) in [6.07, 6.45) is 6.66. The molecule has 0 saturated carbocycles. The molecular formula is C19H26N4. The number of rotatable bonds is 3. The Labute approximate surface area is 138 Å². The summed E-state index contributed by atoms with van der Waals surface area (Å²) in [5.74, 6) is 0. The van der Waals surface area contributed by atoms with Crippen molar-refractivity contribution in [3.05, 3.63) is 52.8 Å². The first kappa shape index (κ1) is 14.9. The zero-order chi connectivity index (χ0) is 15.6. The molecule has 1 aliphatic heterocycles. The fourth-order valence-electron chi connectivity index (χ4n) is 4.12. The zero-order valence-electron chi connectivity index (χ0n) is 13.7. The maximum Gasteiger partial charge on any atom is 0.0719 e. The van der Waals surface area contributed by atoms with E-state index in [2.05, 4.69) is 40.3 Å². The van der Waals surface area contributed by atoms with Gasteiger partial charge in [0.1, 0.15) is 0 Å². The molecule has 1 aromatic heterocycles. The average molecular weight is 310 g/mol. The first-order valence-electron chi connectivity index (χ1n) is 8.93. The van der Waals surface area contributed by atoms with Crippen molar-refractivity contribution in [3.63, 3.8) is 0 Å². The molecule has 1 saturated heterocycles. The molecule has 0 amide bonds. The van der Waals surface area contributed by atoms with Crippen molar-refractivity contribution in [1.29, 1.82) is 0 Å². The molecule has 2 aromatic rings. The molecule has 0 radical (unpaired) electrons. The van der Waals surface area contributed by atoms with Crippen LogP contribution in [0.2, 0.25) is 0 Å². The van der Waals surface area contributed by atoms with Crippen LogP contribution in [0.25, 0.3) is 0 Å². The smallest absolute Gasteiger partial charge is 0.0719 e. The Balaban J connectivity index is 1.71. The molecule has 0 spiro atoms. The molecule has 1 atom stereocenters. The molecule has 1 fully saturated rings. The van der Waals surface area contributed by atoms with Crippen LogP contribution in [0.3, 0.4) is 0 Å². The molecule has 1 aliphatic carbocycles. The molecule has 4 nitrogen and oxygen atoms in total. The first-order chi connectivity index (χ1) is 11.3. The maximum absolute atomic E-state index is 6.48. The summed E-state index contributed by atoms with van der Waals surface area (Å²) < 4.78 is 2.34. The van der Waals surface area contributed by atoms with Crippen LogP contribution in [0.5, 0.6) is 0 Å². The van der Waals surface area contributed by atoms with Crippen molar-refractivity contribution in [2.24, 2.45) is 5.73 Å². The van der Waals surface area contributed by atoms with Crippen LogP contribution in [0.4, 0.5) is 0 Å². The second kappa shape index (κ2) is 6.46. The van der Waals surface area contributed by atoms with Gasteiger partial charge in [-0.15, -0.1) is 0 Å². The third kappa shape index (κ3) is 2.93. The van der Waals surface area contributed by atoms with Crippen molar-refractivity contribution in [2.75, 3.05) is 13.1 Å². The highest BCUT2D eigenvalue weighted by Crippen LogP contribution is 2.34. The average Bonchev–Trinajstić information content (AvgIpc) is 2.96. The lowest BCUT2D eigenvalue weighted by molar-refractivity contribution is 0.330. The predicted molar refractivity (Wildman–Crippen MR) is 92.5 cm³/mol. The fraction of sp³-hybridized carbons (Fsp3) is 0.526. The lowest BCUT2D eigenvalue weighted by Gasteiger charge is -2.27. The maximum atomic E-state index is 6.48. The Bertz CT molecular complexity index is 656. The first-order valence-corrected chi connectivity index (χ1v) is 8.93. The molecule has 0 bridgehead atoms. The third-order valence-corrected chi connectivity index (χ3v) is 5.30. The number of piperidine rings is 1. The van der Waals surface area contributed by atoms with Crippen LogP contribution in [-0.4, -0.2) is 22.9 Å². The highest BCUT2D eigenvalue weighted by Gasteiger charge is 2.29. The van der Waals surface area contributed by atoms with E-state index in [4.69, 9.17) is 10.8 Å². The lowest BCUT2D eigenvalue weighted by atomic mass is 9.89. The van der Waals surface area contributed by atoms with Crippen molar-refractivity contribution in [2.45, 2.75) is 50.6 Å². The van der Waals surface area contributed by atoms with E-state index >= 15 is 0 Å². The molecule has 122 valence electrons. The third-order valence-electron chi connectivity index (χ3n) is 5.30. The lowest BCUT2D eigenvalue weighted by Crippen LogP contribution is -2.31. The normalized spacial score (nSPS) is 22.0. The van der Waals surface area contributed by atoms with E-state index in [0.29, 0.717) is 6.04 Å². The van der Waals surface area contributed by atoms with E-state index < -0.39 is 0 Å². The highest BCUT2D eigenvalue weighted by molar-refractivity contribution is 5.36. The van der Waals surface area contributed by atoms with E-state index in [1.807, 2.05) is 0 Å². The summed E-state index contributed by atoms with van der Waals surface area (Å²) in [5.41, 5.74) is 11.8. The molecule has 3 N–H and O–H groups in total. The second-order valence-electron chi connectivity index (χ2n) is 6.89. The predicted octanol–water partition coefficient (Wildman–Crippen LogP) is 2.73. The van der Waals surface area contributed by atoms with E-state index in [1.165, 1.54) is 41.8 Å². The monoisotopic (exact) mass is 310 g/mol. The van der Waals surface area contributed by atoms with Gasteiger partial charge >= 0.3 is 0 Å². The summed E-state index contributed by atoms with van der Waals surface area (Å²) >= 11 is 0. The summed E-state index contributed by atoms with van der Waals surface area (Å²) in [4.78, 5) is 0. The van der Waals surface area contributed by atoms with E-state index in [-0.39, 0.29) is 6.04 Å². The molecular weight excluding hydrogens is 284 g/mol. The van der Waals surface area contributed by atoms with Crippen molar-refractivity contribution >= 4 is 0 Å². The van der Waals surface area contributed by atoms with Crippen LogP contribution in [0, 0.1) is 0 Å².